The topological polar surface area (TPSA) is 26.3 Å². The van der Waals surface area contributed by atoms with Gasteiger partial charge in [0.15, 0.2) is 5.78 Å². The molecule has 0 N–H and O–H groups in total. The quantitative estimate of drug-likeness (QED) is 0.698. The first kappa shape index (κ1) is 11.9. The number of halogens is 1. The van der Waals surface area contributed by atoms with Crippen LogP contribution in [0, 0.1) is 5.82 Å². The summed E-state index contributed by atoms with van der Waals surface area (Å²) in [5.74, 6) is -0.418. The van der Waals surface area contributed by atoms with Crippen LogP contribution in [-0.2, 0) is 4.74 Å². The van der Waals surface area contributed by atoms with Gasteiger partial charge in [0.25, 0.3) is 0 Å². The van der Waals surface area contributed by atoms with Gasteiger partial charge in [-0.15, -0.1) is 0 Å². The third-order valence-corrected chi connectivity index (χ3v) is 2.33. The van der Waals surface area contributed by atoms with Crippen molar-refractivity contribution in [3.63, 3.8) is 0 Å². The van der Waals surface area contributed by atoms with Crippen molar-refractivity contribution >= 4 is 5.78 Å². The minimum absolute atomic E-state index is 0.0431. The Labute approximate surface area is 89.1 Å². The summed E-state index contributed by atoms with van der Waals surface area (Å²) in [6.07, 6.45) is 1.10. The Morgan fingerprint density at radius 3 is 2.87 bits per heavy atom. The van der Waals surface area contributed by atoms with Crippen LogP contribution in [0.4, 0.5) is 4.39 Å². The Bertz CT molecular complexity index is 336. The van der Waals surface area contributed by atoms with E-state index in [1.54, 1.807) is 19.2 Å². The first-order valence-corrected chi connectivity index (χ1v) is 4.95. The summed E-state index contributed by atoms with van der Waals surface area (Å²) < 4.78 is 17.8. The molecular weight excluding hydrogens is 195 g/mol. The van der Waals surface area contributed by atoms with Crippen molar-refractivity contribution in [2.45, 2.75) is 25.9 Å². The standard InChI is InChI=1S/C12H15FO2/c1-9(15-2)6-7-12(14)10-4-3-5-11(13)8-10/h3-5,8-9H,6-7H2,1-2H3. The van der Waals surface area contributed by atoms with E-state index in [1.807, 2.05) is 6.92 Å². The molecular formula is C12H15FO2. The molecule has 1 atom stereocenters. The second-order valence-electron chi connectivity index (χ2n) is 3.52. The average molecular weight is 210 g/mol. The Balaban J connectivity index is 2.54. The molecule has 0 spiro atoms. The van der Waals surface area contributed by atoms with Crippen molar-refractivity contribution in [3.8, 4) is 0 Å². The normalized spacial score (nSPS) is 12.5. The molecule has 1 rings (SSSR count). The van der Waals surface area contributed by atoms with E-state index in [-0.39, 0.29) is 17.7 Å². The van der Waals surface area contributed by atoms with E-state index in [0.717, 1.165) is 0 Å². The number of carbonyl (C=O) groups is 1. The van der Waals surface area contributed by atoms with Gasteiger partial charge in [-0.05, 0) is 25.5 Å². The van der Waals surface area contributed by atoms with E-state index < -0.39 is 0 Å². The molecule has 0 heterocycles. The van der Waals surface area contributed by atoms with Gasteiger partial charge in [0.05, 0.1) is 6.10 Å². The molecule has 0 amide bonds. The van der Waals surface area contributed by atoms with Crippen molar-refractivity contribution in [2.24, 2.45) is 0 Å². The number of ketones is 1. The average Bonchev–Trinajstić information content (AvgIpc) is 2.25. The van der Waals surface area contributed by atoms with E-state index in [2.05, 4.69) is 0 Å². The van der Waals surface area contributed by atoms with E-state index in [4.69, 9.17) is 4.74 Å². The van der Waals surface area contributed by atoms with Crippen LogP contribution >= 0.6 is 0 Å². The van der Waals surface area contributed by atoms with Gasteiger partial charge in [0.2, 0.25) is 0 Å². The molecule has 2 nitrogen and oxygen atoms in total. The predicted molar refractivity (Wildman–Crippen MR) is 56.4 cm³/mol. The third kappa shape index (κ3) is 3.80. The Morgan fingerprint density at radius 1 is 1.53 bits per heavy atom. The van der Waals surface area contributed by atoms with Gasteiger partial charge in [-0.25, -0.2) is 4.39 Å². The second kappa shape index (κ2) is 5.61. The van der Waals surface area contributed by atoms with E-state index in [0.29, 0.717) is 18.4 Å². The summed E-state index contributed by atoms with van der Waals surface area (Å²) in [5.41, 5.74) is 0.429. The molecule has 0 saturated carbocycles. The highest BCUT2D eigenvalue weighted by Crippen LogP contribution is 2.09. The fourth-order valence-corrected chi connectivity index (χ4v) is 1.26. The van der Waals surface area contributed by atoms with Crippen LogP contribution in [0.3, 0.4) is 0 Å². The molecule has 0 fully saturated rings. The highest BCUT2D eigenvalue weighted by molar-refractivity contribution is 5.95. The van der Waals surface area contributed by atoms with Gasteiger partial charge < -0.3 is 4.74 Å². The predicted octanol–water partition coefficient (Wildman–Crippen LogP) is 2.82. The maximum Gasteiger partial charge on any atom is 0.163 e. The molecule has 15 heavy (non-hydrogen) atoms. The van der Waals surface area contributed by atoms with Crippen molar-refractivity contribution in [1.82, 2.24) is 0 Å². The molecule has 1 unspecified atom stereocenters. The van der Waals surface area contributed by atoms with Crippen molar-refractivity contribution in [2.75, 3.05) is 7.11 Å². The molecule has 0 bridgehead atoms. The van der Waals surface area contributed by atoms with Gasteiger partial charge in [-0.1, -0.05) is 12.1 Å². The Hall–Kier alpha value is -1.22. The monoisotopic (exact) mass is 210 g/mol. The van der Waals surface area contributed by atoms with Crippen molar-refractivity contribution < 1.29 is 13.9 Å². The largest absolute Gasteiger partial charge is 0.382 e. The summed E-state index contributed by atoms with van der Waals surface area (Å²) in [6, 6.07) is 5.76. The van der Waals surface area contributed by atoms with Crippen LogP contribution in [-0.4, -0.2) is 19.0 Å². The molecule has 1 aromatic rings. The number of Topliss-reactive ketones (excluding diaryl/α,β-unsaturated/α-hetero) is 1. The zero-order valence-electron chi connectivity index (χ0n) is 9.00. The Kier molecular flexibility index (Phi) is 4.43. The highest BCUT2D eigenvalue weighted by atomic mass is 19.1. The second-order valence-corrected chi connectivity index (χ2v) is 3.52. The number of rotatable bonds is 5. The fraction of sp³-hybridized carbons (Fsp3) is 0.417. The summed E-state index contributed by atoms with van der Waals surface area (Å²) in [7, 11) is 1.61. The maximum atomic E-state index is 12.8. The van der Waals surface area contributed by atoms with Crippen LogP contribution in [0.25, 0.3) is 0 Å². The van der Waals surface area contributed by atoms with Gasteiger partial charge in [0, 0.05) is 19.1 Å². The molecule has 3 heteroatoms. The summed E-state index contributed by atoms with van der Waals surface area (Å²) in [4.78, 5) is 11.6. The zero-order valence-corrected chi connectivity index (χ0v) is 9.00. The molecule has 0 aliphatic rings. The van der Waals surface area contributed by atoms with E-state index >= 15 is 0 Å². The van der Waals surface area contributed by atoms with Crippen molar-refractivity contribution in [3.05, 3.63) is 35.6 Å². The summed E-state index contributed by atoms with van der Waals surface area (Å²) >= 11 is 0. The number of benzene rings is 1. The molecule has 0 saturated heterocycles. The van der Waals surface area contributed by atoms with Crippen molar-refractivity contribution in [1.29, 1.82) is 0 Å². The van der Waals surface area contributed by atoms with Crippen LogP contribution in [0.5, 0.6) is 0 Å². The first-order valence-electron chi connectivity index (χ1n) is 4.95. The molecule has 0 aromatic heterocycles. The lowest BCUT2D eigenvalue weighted by atomic mass is 10.0. The van der Waals surface area contributed by atoms with Crippen LogP contribution in [0.2, 0.25) is 0 Å². The SMILES string of the molecule is COC(C)CCC(=O)c1cccc(F)c1. The van der Waals surface area contributed by atoms with E-state index in [9.17, 15) is 9.18 Å². The van der Waals surface area contributed by atoms with Crippen LogP contribution in [0.15, 0.2) is 24.3 Å². The number of hydrogen-bond acceptors (Lipinski definition) is 2. The van der Waals surface area contributed by atoms with Crippen LogP contribution in [0.1, 0.15) is 30.1 Å². The summed E-state index contributed by atoms with van der Waals surface area (Å²) in [6.45, 7) is 1.90. The fourth-order valence-electron chi connectivity index (χ4n) is 1.26. The number of carbonyl (C=O) groups excluding carboxylic acids is 1. The number of methoxy groups -OCH3 is 1. The number of hydrogen-bond donors (Lipinski definition) is 0. The molecule has 82 valence electrons. The minimum atomic E-state index is -0.374. The van der Waals surface area contributed by atoms with Gasteiger partial charge in [-0.2, -0.15) is 0 Å². The molecule has 1 aromatic carbocycles. The maximum absolute atomic E-state index is 12.8. The molecule has 0 radical (unpaired) electrons. The Morgan fingerprint density at radius 2 is 2.27 bits per heavy atom. The van der Waals surface area contributed by atoms with Gasteiger partial charge in [-0.3, -0.25) is 4.79 Å². The minimum Gasteiger partial charge on any atom is -0.382 e. The lowest BCUT2D eigenvalue weighted by molar-refractivity contribution is 0.0877. The summed E-state index contributed by atoms with van der Waals surface area (Å²) in [5, 5.41) is 0. The van der Waals surface area contributed by atoms with Gasteiger partial charge >= 0.3 is 0 Å². The smallest absolute Gasteiger partial charge is 0.163 e. The lowest BCUT2D eigenvalue weighted by Crippen LogP contribution is -2.08. The number of ether oxygens (including phenoxy) is 1. The van der Waals surface area contributed by atoms with Crippen LogP contribution < -0.4 is 0 Å². The molecule has 0 aliphatic heterocycles. The van der Waals surface area contributed by atoms with E-state index in [1.165, 1.54) is 12.1 Å². The van der Waals surface area contributed by atoms with Gasteiger partial charge in [0.1, 0.15) is 5.82 Å². The zero-order chi connectivity index (χ0) is 11.3. The lowest BCUT2D eigenvalue weighted by Gasteiger charge is -2.07. The first-order chi connectivity index (χ1) is 7.13. The third-order valence-electron chi connectivity index (χ3n) is 2.33. The molecule has 0 aliphatic carbocycles. The highest BCUT2D eigenvalue weighted by Gasteiger charge is 2.08.